The molecule has 1 N–H and O–H groups in total. The summed E-state index contributed by atoms with van der Waals surface area (Å²) >= 11 is 12.2. The zero-order valence-corrected chi connectivity index (χ0v) is 25.4. The molecule has 0 unspecified atom stereocenters. The number of hydrogen-bond acceptors (Lipinski definition) is 4. The molecule has 214 valence electrons. The van der Waals surface area contributed by atoms with Crippen LogP contribution in [0.2, 0.25) is 10.0 Å². The van der Waals surface area contributed by atoms with Gasteiger partial charge >= 0.3 is 0 Å². The molecule has 0 saturated carbocycles. The molecule has 0 fully saturated rings. The minimum absolute atomic E-state index is 0.0820. The fourth-order valence-corrected chi connectivity index (χ4v) is 5.53. The van der Waals surface area contributed by atoms with Crippen LogP contribution in [-0.4, -0.2) is 50.0 Å². The van der Waals surface area contributed by atoms with E-state index < -0.39 is 28.5 Å². The lowest BCUT2D eigenvalue weighted by atomic mass is 10.0. The first-order valence-corrected chi connectivity index (χ1v) is 15.6. The van der Waals surface area contributed by atoms with Gasteiger partial charge in [0.2, 0.25) is 21.8 Å². The Kier molecular flexibility index (Phi) is 11.0. The maximum absolute atomic E-state index is 14.1. The highest BCUT2D eigenvalue weighted by molar-refractivity contribution is 7.92. The van der Waals surface area contributed by atoms with E-state index in [-0.39, 0.29) is 24.9 Å². The van der Waals surface area contributed by atoms with Crippen molar-refractivity contribution < 1.29 is 18.0 Å². The third kappa shape index (κ3) is 8.71. The zero-order valence-electron chi connectivity index (χ0n) is 23.1. The topological polar surface area (TPSA) is 86.8 Å². The number of carbonyl (C=O) groups is 2. The normalized spacial score (nSPS) is 12.8. The molecule has 7 nitrogen and oxygen atoms in total. The van der Waals surface area contributed by atoms with Crippen molar-refractivity contribution in [1.82, 2.24) is 10.2 Å². The van der Waals surface area contributed by atoms with Crippen LogP contribution >= 0.6 is 23.2 Å². The van der Waals surface area contributed by atoms with Crippen LogP contribution in [-0.2, 0) is 32.6 Å². The average molecular weight is 605 g/mol. The summed E-state index contributed by atoms with van der Waals surface area (Å²) in [5.74, 6) is -0.830. The van der Waals surface area contributed by atoms with Crippen LogP contribution in [0.5, 0.6) is 0 Å². The highest BCUT2D eigenvalue weighted by Crippen LogP contribution is 2.26. The van der Waals surface area contributed by atoms with E-state index in [1.807, 2.05) is 44.2 Å². The van der Waals surface area contributed by atoms with Gasteiger partial charge in [-0.05, 0) is 67.3 Å². The third-order valence-corrected chi connectivity index (χ3v) is 8.26. The van der Waals surface area contributed by atoms with E-state index in [9.17, 15) is 18.0 Å². The fraction of sp³-hybridized carbons (Fsp3) is 0.333. The number of sulfonamides is 1. The number of amides is 2. The van der Waals surface area contributed by atoms with E-state index >= 15 is 0 Å². The minimum atomic E-state index is -3.86. The van der Waals surface area contributed by atoms with Gasteiger partial charge < -0.3 is 10.2 Å². The van der Waals surface area contributed by atoms with Gasteiger partial charge in [0.05, 0.1) is 11.9 Å². The highest BCUT2D eigenvalue weighted by Gasteiger charge is 2.33. The van der Waals surface area contributed by atoms with Crippen LogP contribution in [0.15, 0.2) is 72.8 Å². The summed E-state index contributed by atoms with van der Waals surface area (Å²) < 4.78 is 26.9. The first-order chi connectivity index (χ1) is 18.9. The summed E-state index contributed by atoms with van der Waals surface area (Å²) in [5.41, 5.74) is 2.57. The number of carbonyl (C=O) groups excluding carboxylic acids is 2. The van der Waals surface area contributed by atoms with Crippen molar-refractivity contribution in [3.8, 4) is 0 Å². The first-order valence-electron chi connectivity index (χ1n) is 13.0. The molecule has 0 radical (unpaired) electrons. The molecule has 0 aliphatic heterocycles. The SMILES string of the molecule is CC[C@H](C)NC(=O)[C@@H](Cc1ccccc1)N(Cc1ccc(Cl)cc1)C(=O)CN(c1ccc(Cl)cc1C)S(C)(=O)=O. The number of halogens is 2. The summed E-state index contributed by atoms with van der Waals surface area (Å²) in [7, 11) is -3.86. The van der Waals surface area contributed by atoms with E-state index in [0.29, 0.717) is 27.7 Å². The lowest BCUT2D eigenvalue weighted by molar-refractivity contribution is -0.140. The van der Waals surface area contributed by atoms with Crippen LogP contribution in [0.25, 0.3) is 0 Å². The largest absolute Gasteiger partial charge is 0.352 e. The number of rotatable bonds is 12. The van der Waals surface area contributed by atoms with Gasteiger partial charge in [0.1, 0.15) is 12.6 Å². The molecule has 3 aromatic rings. The lowest BCUT2D eigenvalue weighted by Crippen LogP contribution is -2.54. The summed E-state index contributed by atoms with van der Waals surface area (Å²) in [4.78, 5) is 29.2. The summed E-state index contributed by atoms with van der Waals surface area (Å²) in [6.07, 6.45) is 2.02. The van der Waals surface area contributed by atoms with Gasteiger partial charge in [-0.1, -0.05) is 72.6 Å². The third-order valence-electron chi connectivity index (χ3n) is 6.65. The minimum Gasteiger partial charge on any atom is -0.352 e. The van der Waals surface area contributed by atoms with Gasteiger partial charge in [-0.3, -0.25) is 13.9 Å². The van der Waals surface area contributed by atoms with Crippen molar-refractivity contribution in [3.05, 3.63) is 99.5 Å². The number of nitrogens with one attached hydrogen (secondary N) is 1. The molecule has 2 atom stereocenters. The molecular weight excluding hydrogens is 569 g/mol. The predicted octanol–water partition coefficient (Wildman–Crippen LogP) is 5.62. The second-order valence-corrected chi connectivity index (χ2v) is 12.7. The number of benzene rings is 3. The quantitative estimate of drug-likeness (QED) is 0.291. The Bertz CT molecular complexity index is 1420. The monoisotopic (exact) mass is 603 g/mol. The molecule has 40 heavy (non-hydrogen) atoms. The Morgan fingerprint density at radius 2 is 1.55 bits per heavy atom. The molecule has 0 bridgehead atoms. The second kappa shape index (κ2) is 14.0. The van der Waals surface area contributed by atoms with Crippen molar-refractivity contribution in [3.63, 3.8) is 0 Å². The Morgan fingerprint density at radius 3 is 2.12 bits per heavy atom. The van der Waals surface area contributed by atoms with Crippen LogP contribution in [0.1, 0.15) is 37.0 Å². The zero-order chi connectivity index (χ0) is 29.4. The van der Waals surface area contributed by atoms with Crippen molar-refractivity contribution in [2.45, 2.75) is 52.2 Å². The maximum Gasteiger partial charge on any atom is 0.244 e. The van der Waals surface area contributed by atoms with E-state index in [4.69, 9.17) is 23.2 Å². The molecular formula is C30H35Cl2N3O4S. The van der Waals surface area contributed by atoms with E-state index in [2.05, 4.69) is 5.32 Å². The predicted molar refractivity (Wildman–Crippen MR) is 162 cm³/mol. The van der Waals surface area contributed by atoms with Gasteiger partial charge in [0, 0.05) is 29.1 Å². The molecule has 0 spiro atoms. The summed E-state index contributed by atoms with van der Waals surface area (Å²) in [6, 6.07) is 20.2. The lowest BCUT2D eigenvalue weighted by Gasteiger charge is -2.34. The van der Waals surface area contributed by atoms with Gasteiger partial charge in [-0.2, -0.15) is 0 Å². The van der Waals surface area contributed by atoms with E-state index in [0.717, 1.165) is 21.7 Å². The maximum atomic E-state index is 14.1. The van der Waals surface area contributed by atoms with Crippen molar-refractivity contribution >= 4 is 50.7 Å². The molecule has 0 aliphatic carbocycles. The van der Waals surface area contributed by atoms with Crippen LogP contribution < -0.4 is 9.62 Å². The average Bonchev–Trinajstić information content (AvgIpc) is 2.90. The number of hydrogen-bond donors (Lipinski definition) is 1. The molecule has 0 aliphatic rings. The van der Waals surface area contributed by atoms with Crippen LogP contribution in [0.3, 0.4) is 0 Å². The van der Waals surface area contributed by atoms with Crippen LogP contribution in [0.4, 0.5) is 5.69 Å². The Labute approximate surface area is 247 Å². The second-order valence-electron chi connectivity index (χ2n) is 9.87. The Balaban J connectivity index is 2.07. The Morgan fingerprint density at radius 1 is 0.925 bits per heavy atom. The van der Waals surface area contributed by atoms with Crippen LogP contribution in [0, 0.1) is 6.92 Å². The van der Waals surface area contributed by atoms with E-state index in [1.54, 1.807) is 49.4 Å². The van der Waals surface area contributed by atoms with Crippen molar-refractivity contribution in [2.75, 3.05) is 17.1 Å². The van der Waals surface area contributed by atoms with Gasteiger partial charge in [0.15, 0.2) is 0 Å². The van der Waals surface area contributed by atoms with Gasteiger partial charge in [0.25, 0.3) is 0 Å². The molecule has 2 amide bonds. The number of aryl methyl sites for hydroxylation is 1. The fourth-order valence-electron chi connectivity index (χ4n) is 4.28. The highest BCUT2D eigenvalue weighted by atomic mass is 35.5. The standard InChI is InChI=1S/C30H35Cl2N3O4S/c1-5-22(3)33-30(37)28(18-23-9-7-6-8-10-23)34(19-24-11-13-25(31)14-12-24)29(36)20-35(40(4,38)39)27-16-15-26(32)17-21(27)2/h6-17,22,28H,5,18-20H2,1-4H3,(H,33,37)/t22-,28+/m0/s1. The number of anilines is 1. The smallest absolute Gasteiger partial charge is 0.244 e. The molecule has 0 saturated heterocycles. The number of nitrogens with zero attached hydrogens (tertiary/aromatic N) is 2. The first kappa shape index (κ1) is 31.5. The van der Waals surface area contributed by atoms with Gasteiger partial charge in [-0.25, -0.2) is 8.42 Å². The van der Waals surface area contributed by atoms with Crippen molar-refractivity contribution in [2.24, 2.45) is 0 Å². The summed E-state index contributed by atoms with van der Waals surface area (Å²) in [5, 5.41) is 4.00. The molecule has 3 aromatic carbocycles. The van der Waals surface area contributed by atoms with Gasteiger partial charge in [-0.15, -0.1) is 0 Å². The molecule has 10 heteroatoms. The summed E-state index contributed by atoms with van der Waals surface area (Å²) in [6.45, 7) is 5.19. The molecule has 3 rings (SSSR count). The molecule has 0 heterocycles. The van der Waals surface area contributed by atoms with Crippen molar-refractivity contribution in [1.29, 1.82) is 0 Å². The molecule has 0 aromatic heterocycles. The van der Waals surface area contributed by atoms with E-state index in [1.165, 1.54) is 4.90 Å². The Hall–Kier alpha value is -3.07.